The molecule has 1 aliphatic carbocycles. The number of hydrogen-bond donors (Lipinski definition) is 2. The summed E-state index contributed by atoms with van der Waals surface area (Å²) in [5.74, 6) is 0.674. The number of nitrogens with zero attached hydrogens (tertiary/aromatic N) is 1. The van der Waals surface area contributed by atoms with E-state index in [1.165, 1.54) is 0 Å². The van der Waals surface area contributed by atoms with Crippen LogP contribution in [0.4, 0.5) is 0 Å². The molecule has 0 aliphatic heterocycles. The number of rotatable bonds is 2. The number of carbonyl (C=O) groups excluding carboxylic acids is 1. The first-order valence-electron chi connectivity index (χ1n) is 6.11. The molecular formula is C13H19NO3. The molecule has 0 saturated heterocycles. The van der Waals surface area contributed by atoms with E-state index in [1.54, 1.807) is 24.5 Å². The molecule has 0 radical (unpaired) electrons. The van der Waals surface area contributed by atoms with Gasteiger partial charge in [-0.1, -0.05) is 0 Å². The van der Waals surface area contributed by atoms with E-state index in [0.29, 0.717) is 5.56 Å². The maximum Gasteiger partial charge on any atom is 0.197 e. The Bertz CT molecular complexity index is 428. The third-order valence-corrected chi connectivity index (χ3v) is 3.81. The molecule has 1 heterocycles. The van der Waals surface area contributed by atoms with Gasteiger partial charge in [-0.25, -0.2) is 0 Å². The van der Waals surface area contributed by atoms with Crippen molar-refractivity contribution in [1.82, 2.24) is 4.57 Å². The lowest BCUT2D eigenvalue weighted by Gasteiger charge is -2.28. The lowest BCUT2D eigenvalue weighted by Crippen LogP contribution is -2.21. The van der Waals surface area contributed by atoms with Crippen molar-refractivity contribution in [2.45, 2.75) is 45.6 Å². The van der Waals surface area contributed by atoms with Crippen LogP contribution in [0.15, 0.2) is 6.07 Å². The van der Waals surface area contributed by atoms with Crippen LogP contribution in [0.25, 0.3) is 0 Å². The summed E-state index contributed by atoms with van der Waals surface area (Å²) in [7, 11) is 0. The summed E-state index contributed by atoms with van der Waals surface area (Å²) in [5.41, 5.74) is 0.691. The number of aromatic nitrogens is 1. The van der Waals surface area contributed by atoms with E-state index in [-0.39, 0.29) is 29.5 Å². The van der Waals surface area contributed by atoms with Crippen LogP contribution < -0.4 is 0 Å². The van der Waals surface area contributed by atoms with Crippen molar-refractivity contribution >= 4 is 5.78 Å². The van der Waals surface area contributed by atoms with Gasteiger partial charge in [0.05, 0.1) is 0 Å². The molecule has 0 atom stereocenters. The first-order valence-corrected chi connectivity index (χ1v) is 6.11. The minimum absolute atomic E-state index is 0.110. The molecular weight excluding hydrogens is 218 g/mol. The Morgan fingerprint density at radius 1 is 1.29 bits per heavy atom. The van der Waals surface area contributed by atoms with Crippen molar-refractivity contribution in [3.05, 3.63) is 11.6 Å². The SMILES string of the molecule is CC(=O)C1CCC(n2c(O)cc(C)c2O)CC1. The highest BCUT2D eigenvalue weighted by atomic mass is 16.3. The highest BCUT2D eigenvalue weighted by Gasteiger charge is 2.27. The van der Waals surface area contributed by atoms with E-state index >= 15 is 0 Å². The van der Waals surface area contributed by atoms with Gasteiger partial charge in [-0.15, -0.1) is 0 Å². The van der Waals surface area contributed by atoms with Gasteiger partial charge in [0.2, 0.25) is 0 Å². The molecule has 1 aliphatic rings. The summed E-state index contributed by atoms with van der Waals surface area (Å²) in [6.07, 6.45) is 3.35. The molecule has 0 spiro atoms. The zero-order valence-electron chi connectivity index (χ0n) is 10.3. The average molecular weight is 237 g/mol. The minimum Gasteiger partial charge on any atom is -0.494 e. The van der Waals surface area contributed by atoms with Crippen LogP contribution in [0.2, 0.25) is 0 Å². The molecule has 2 N–H and O–H groups in total. The van der Waals surface area contributed by atoms with E-state index in [9.17, 15) is 15.0 Å². The minimum atomic E-state index is 0.110. The Labute approximate surface area is 101 Å². The monoisotopic (exact) mass is 237 g/mol. The van der Waals surface area contributed by atoms with E-state index in [4.69, 9.17) is 0 Å². The molecule has 0 unspecified atom stereocenters. The molecule has 1 saturated carbocycles. The van der Waals surface area contributed by atoms with Crippen LogP contribution in [0, 0.1) is 12.8 Å². The number of hydrogen-bond acceptors (Lipinski definition) is 3. The lowest BCUT2D eigenvalue weighted by atomic mass is 9.84. The maximum absolute atomic E-state index is 11.3. The molecule has 1 fully saturated rings. The van der Waals surface area contributed by atoms with Crippen molar-refractivity contribution in [3.63, 3.8) is 0 Å². The van der Waals surface area contributed by atoms with Crippen LogP contribution in [-0.2, 0) is 4.79 Å². The number of ketones is 1. The molecule has 4 nitrogen and oxygen atoms in total. The van der Waals surface area contributed by atoms with Gasteiger partial charge < -0.3 is 10.2 Å². The number of carbonyl (C=O) groups is 1. The van der Waals surface area contributed by atoms with Crippen molar-refractivity contribution < 1.29 is 15.0 Å². The van der Waals surface area contributed by atoms with Gasteiger partial charge in [-0.2, -0.15) is 0 Å². The van der Waals surface area contributed by atoms with Crippen LogP contribution >= 0.6 is 0 Å². The second-order valence-corrected chi connectivity index (χ2v) is 5.00. The first-order chi connectivity index (χ1) is 8.00. The third-order valence-electron chi connectivity index (χ3n) is 3.81. The van der Waals surface area contributed by atoms with E-state index in [0.717, 1.165) is 25.7 Å². The van der Waals surface area contributed by atoms with E-state index in [2.05, 4.69) is 0 Å². The molecule has 0 aromatic carbocycles. The fraction of sp³-hybridized carbons (Fsp3) is 0.615. The Kier molecular flexibility index (Phi) is 3.13. The van der Waals surface area contributed by atoms with E-state index in [1.807, 2.05) is 0 Å². The molecule has 17 heavy (non-hydrogen) atoms. The fourth-order valence-corrected chi connectivity index (χ4v) is 2.73. The largest absolute Gasteiger partial charge is 0.494 e. The Hall–Kier alpha value is -1.45. The van der Waals surface area contributed by atoms with Crippen LogP contribution in [0.1, 0.15) is 44.2 Å². The molecule has 0 amide bonds. The van der Waals surface area contributed by atoms with Crippen molar-refractivity contribution in [1.29, 1.82) is 0 Å². The van der Waals surface area contributed by atoms with E-state index < -0.39 is 0 Å². The van der Waals surface area contributed by atoms with Crippen LogP contribution in [0.3, 0.4) is 0 Å². The first kappa shape index (κ1) is 12.0. The number of aromatic hydroxyl groups is 2. The van der Waals surface area contributed by atoms with Gasteiger partial charge in [-0.3, -0.25) is 9.36 Å². The van der Waals surface area contributed by atoms with Gasteiger partial charge in [0.15, 0.2) is 11.8 Å². The Morgan fingerprint density at radius 2 is 1.88 bits per heavy atom. The Balaban J connectivity index is 2.13. The smallest absolute Gasteiger partial charge is 0.197 e. The highest BCUT2D eigenvalue weighted by Crippen LogP contribution is 2.39. The highest BCUT2D eigenvalue weighted by molar-refractivity contribution is 5.78. The number of Topliss-reactive ketones (excluding diaryl/α,β-unsaturated/α-hetero) is 1. The molecule has 94 valence electrons. The number of aryl methyl sites for hydroxylation is 1. The summed E-state index contributed by atoms with van der Waals surface area (Å²) in [4.78, 5) is 11.3. The lowest BCUT2D eigenvalue weighted by molar-refractivity contribution is -0.121. The zero-order chi connectivity index (χ0) is 12.6. The zero-order valence-corrected chi connectivity index (χ0v) is 10.3. The summed E-state index contributed by atoms with van der Waals surface area (Å²) in [5, 5.41) is 19.7. The normalized spacial score (nSPS) is 24.8. The van der Waals surface area contributed by atoms with Gasteiger partial charge in [0.25, 0.3) is 0 Å². The van der Waals surface area contributed by atoms with Gasteiger partial charge >= 0.3 is 0 Å². The molecule has 2 rings (SSSR count). The topological polar surface area (TPSA) is 62.5 Å². The molecule has 4 heteroatoms. The van der Waals surface area contributed by atoms with Gasteiger partial charge in [0, 0.05) is 23.6 Å². The predicted molar refractivity (Wildman–Crippen MR) is 64.2 cm³/mol. The molecule has 1 aromatic rings. The summed E-state index contributed by atoms with van der Waals surface area (Å²) >= 11 is 0. The maximum atomic E-state index is 11.3. The van der Waals surface area contributed by atoms with Crippen LogP contribution in [-0.4, -0.2) is 20.6 Å². The quantitative estimate of drug-likeness (QED) is 0.830. The molecule has 1 aromatic heterocycles. The standard InChI is InChI=1S/C13H19NO3/c1-8-7-12(16)14(13(8)17)11-5-3-10(4-6-11)9(2)15/h7,10-11,16-17H,3-6H2,1-2H3. The summed E-state index contributed by atoms with van der Waals surface area (Å²) < 4.78 is 1.59. The second-order valence-electron chi connectivity index (χ2n) is 5.00. The average Bonchev–Trinajstić information content (AvgIpc) is 2.53. The van der Waals surface area contributed by atoms with Crippen molar-refractivity contribution in [2.24, 2.45) is 5.92 Å². The molecule has 0 bridgehead atoms. The Morgan fingerprint density at radius 3 is 2.29 bits per heavy atom. The second kappa shape index (κ2) is 4.43. The van der Waals surface area contributed by atoms with Crippen molar-refractivity contribution in [3.8, 4) is 11.8 Å². The summed E-state index contributed by atoms with van der Waals surface area (Å²) in [6, 6.07) is 1.69. The van der Waals surface area contributed by atoms with Gasteiger partial charge in [0.1, 0.15) is 5.78 Å². The predicted octanol–water partition coefficient (Wildman–Crippen LogP) is 2.53. The summed E-state index contributed by atoms with van der Waals surface area (Å²) in [6.45, 7) is 3.41. The third kappa shape index (κ3) is 2.16. The fourth-order valence-electron chi connectivity index (χ4n) is 2.73. The van der Waals surface area contributed by atoms with Gasteiger partial charge in [-0.05, 0) is 39.5 Å². The van der Waals surface area contributed by atoms with Crippen LogP contribution in [0.5, 0.6) is 11.8 Å². The van der Waals surface area contributed by atoms with Crippen molar-refractivity contribution in [2.75, 3.05) is 0 Å².